The van der Waals surface area contributed by atoms with E-state index in [1.807, 2.05) is 13.1 Å². The summed E-state index contributed by atoms with van der Waals surface area (Å²) >= 11 is 1.80. The van der Waals surface area contributed by atoms with E-state index < -0.39 is 0 Å². The molecule has 0 bridgehead atoms. The molecule has 0 saturated heterocycles. The predicted octanol–water partition coefficient (Wildman–Crippen LogP) is 3.74. The van der Waals surface area contributed by atoms with Crippen LogP contribution in [0.5, 0.6) is 0 Å². The Hall–Kier alpha value is -1.59. The van der Waals surface area contributed by atoms with Crippen LogP contribution < -0.4 is 0 Å². The first-order chi connectivity index (χ1) is 7.83. The highest BCUT2D eigenvalue weighted by atomic mass is 32.1. The van der Waals surface area contributed by atoms with E-state index in [9.17, 15) is 0 Å². The van der Waals surface area contributed by atoms with E-state index in [0.29, 0.717) is 0 Å². The minimum atomic E-state index is 0.976. The lowest BCUT2D eigenvalue weighted by atomic mass is 10.1. The lowest BCUT2D eigenvalue weighted by Crippen LogP contribution is -1.81. The second kappa shape index (κ2) is 4.96. The maximum absolute atomic E-state index is 4.22. The monoisotopic (exact) mass is 227 g/mol. The van der Waals surface area contributed by atoms with E-state index in [1.165, 1.54) is 10.4 Å². The number of aryl methyl sites for hydroxylation is 1. The first-order valence-electron chi connectivity index (χ1n) is 5.29. The van der Waals surface area contributed by atoms with Crippen LogP contribution in [-0.2, 0) is 6.42 Å². The fraction of sp³-hybridized carbons (Fsp3) is 0.214. The zero-order chi connectivity index (χ0) is 11.4. The van der Waals surface area contributed by atoms with Crippen LogP contribution >= 0.6 is 11.3 Å². The number of hydrogen-bond acceptors (Lipinski definition) is 2. The number of aromatic nitrogens is 1. The molecule has 1 nitrogen and oxygen atoms in total. The van der Waals surface area contributed by atoms with Crippen LogP contribution in [-0.4, -0.2) is 4.98 Å². The quantitative estimate of drug-likeness (QED) is 0.712. The molecule has 0 spiro atoms. The van der Waals surface area contributed by atoms with E-state index in [0.717, 1.165) is 17.5 Å². The van der Waals surface area contributed by atoms with Crippen molar-refractivity contribution in [3.8, 4) is 23.0 Å². The van der Waals surface area contributed by atoms with Gasteiger partial charge >= 0.3 is 0 Å². The van der Waals surface area contributed by atoms with Crippen molar-refractivity contribution in [1.82, 2.24) is 4.98 Å². The third-order valence-corrected chi connectivity index (χ3v) is 3.42. The molecular formula is C14H13NS. The number of pyridine rings is 1. The zero-order valence-electron chi connectivity index (χ0n) is 9.45. The Morgan fingerprint density at radius 1 is 1.25 bits per heavy atom. The van der Waals surface area contributed by atoms with Crippen molar-refractivity contribution < 1.29 is 0 Å². The molecule has 0 aliphatic rings. The fourth-order valence-electron chi connectivity index (χ4n) is 1.53. The van der Waals surface area contributed by atoms with Gasteiger partial charge in [-0.05, 0) is 36.4 Å². The summed E-state index contributed by atoms with van der Waals surface area (Å²) in [6, 6.07) is 4.32. The smallest absolute Gasteiger partial charge is 0.0434 e. The average Bonchev–Trinajstić information content (AvgIpc) is 2.78. The molecule has 0 aromatic carbocycles. The molecule has 0 fully saturated rings. The SMILES string of the molecule is CC#Cc1cncc(-c2csc(CC)c2)c1. The first kappa shape index (κ1) is 10.9. The highest BCUT2D eigenvalue weighted by molar-refractivity contribution is 7.10. The number of hydrogen-bond donors (Lipinski definition) is 0. The Morgan fingerprint density at radius 3 is 2.81 bits per heavy atom. The van der Waals surface area contributed by atoms with Gasteiger partial charge in [0.1, 0.15) is 0 Å². The van der Waals surface area contributed by atoms with E-state index >= 15 is 0 Å². The van der Waals surface area contributed by atoms with Crippen LogP contribution in [0.15, 0.2) is 29.9 Å². The van der Waals surface area contributed by atoms with E-state index in [4.69, 9.17) is 0 Å². The third kappa shape index (κ3) is 2.32. The molecule has 80 valence electrons. The summed E-state index contributed by atoms with van der Waals surface area (Å²) in [6.45, 7) is 4.01. The van der Waals surface area contributed by atoms with Gasteiger partial charge in [-0.3, -0.25) is 4.98 Å². The summed E-state index contributed by atoms with van der Waals surface area (Å²) in [5.41, 5.74) is 3.37. The Bertz CT molecular complexity index is 543. The summed E-state index contributed by atoms with van der Waals surface area (Å²) in [4.78, 5) is 5.62. The molecule has 2 aromatic rings. The van der Waals surface area contributed by atoms with Crippen LogP contribution in [0.2, 0.25) is 0 Å². The molecule has 2 heterocycles. The standard InChI is InChI=1S/C14H13NS/c1-3-5-11-6-12(9-15-8-11)13-7-14(4-2)16-10-13/h6-10H,4H2,1-2H3. The van der Waals surface area contributed by atoms with Gasteiger partial charge in [-0.15, -0.1) is 17.3 Å². The summed E-state index contributed by atoms with van der Waals surface area (Å²) in [7, 11) is 0. The summed E-state index contributed by atoms with van der Waals surface area (Å²) in [6.07, 6.45) is 4.78. The minimum Gasteiger partial charge on any atom is -0.263 e. The van der Waals surface area contributed by atoms with E-state index in [1.54, 1.807) is 17.5 Å². The van der Waals surface area contributed by atoms with Crippen molar-refractivity contribution in [3.05, 3.63) is 40.3 Å². The molecule has 0 unspecified atom stereocenters. The lowest BCUT2D eigenvalue weighted by Gasteiger charge is -1.97. The topological polar surface area (TPSA) is 12.9 Å². The maximum atomic E-state index is 4.22. The fourth-order valence-corrected chi connectivity index (χ4v) is 2.37. The Kier molecular flexibility index (Phi) is 3.38. The molecule has 2 heteroatoms. The van der Waals surface area contributed by atoms with Crippen molar-refractivity contribution in [3.63, 3.8) is 0 Å². The second-order valence-electron chi connectivity index (χ2n) is 3.49. The first-order valence-corrected chi connectivity index (χ1v) is 6.17. The van der Waals surface area contributed by atoms with Crippen molar-refractivity contribution >= 4 is 11.3 Å². The molecule has 0 saturated carbocycles. The van der Waals surface area contributed by atoms with Crippen LogP contribution in [0.3, 0.4) is 0 Å². The largest absolute Gasteiger partial charge is 0.263 e. The predicted molar refractivity (Wildman–Crippen MR) is 69.5 cm³/mol. The molecule has 16 heavy (non-hydrogen) atoms. The van der Waals surface area contributed by atoms with Crippen molar-refractivity contribution in [2.24, 2.45) is 0 Å². The van der Waals surface area contributed by atoms with Crippen LogP contribution in [0.4, 0.5) is 0 Å². The van der Waals surface area contributed by atoms with Gasteiger partial charge in [0.2, 0.25) is 0 Å². The van der Waals surface area contributed by atoms with Crippen LogP contribution in [0, 0.1) is 11.8 Å². The molecular weight excluding hydrogens is 214 g/mol. The van der Waals surface area contributed by atoms with Gasteiger partial charge in [-0.2, -0.15) is 0 Å². The van der Waals surface area contributed by atoms with Gasteiger partial charge in [-0.1, -0.05) is 12.8 Å². The molecule has 0 atom stereocenters. The molecule has 0 aliphatic carbocycles. The van der Waals surface area contributed by atoms with Crippen LogP contribution in [0.25, 0.3) is 11.1 Å². The van der Waals surface area contributed by atoms with Gasteiger partial charge in [0.25, 0.3) is 0 Å². The number of thiophene rings is 1. The van der Waals surface area contributed by atoms with Crippen molar-refractivity contribution in [2.75, 3.05) is 0 Å². The van der Waals surface area contributed by atoms with Crippen molar-refractivity contribution in [1.29, 1.82) is 0 Å². The van der Waals surface area contributed by atoms with Crippen LogP contribution in [0.1, 0.15) is 24.3 Å². The van der Waals surface area contributed by atoms with Gasteiger partial charge < -0.3 is 0 Å². The van der Waals surface area contributed by atoms with Gasteiger partial charge in [-0.25, -0.2) is 0 Å². The highest BCUT2D eigenvalue weighted by Gasteiger charge is 2.02. The maximum Gasteiger partial charge on any atom is 0.0434 e. The molecule has 0 aliphatic heterocycles. The Balaban J connectivity index is 2.38. The molecule has 0 N–H and O–H groups in total. The molecule has 2 rings (SSSR count). The molecule has 0 radical (unpaired) electrons. The van der Waals surface area contributed by atoms with E-state index in [-0.39, 0.29) is 0 Å². The van der Waals surface area contributed by atoms with E-state index in [2.05, 4.69) is 41.3 Å². The van der Waals surface area contributed by atoms with Gasteiger partial charge in [0.05, 0.1) is 0 Å². The number of nitrogens with zero attached hydrogens (tertiary/aromatic N) is 1. The Labute approximate surface area is 100 Å². The van der Waals surface area contributed by atoms with Gasteiger partial charge in [0, 0.05) is 28.4 Å². The molecule has 2 aromatic heterocycles. The average molecular weight is 227 g/mol. The highest BCUT2D eigenvalue weighted by Crippen LogP contribution is 2.25. The minimum absolute atomic E-state index is 0.976. The Morgan fingerprint density at radius 2 is 2.12 bits per heavy atom. The summed E-state index contributed by atoms with van der Waals surface area (Å²) in [5, 5.41) is 2.18. The van der Waals surface area contributed by atoms with Gasteiger partial charge in [0.15, 0.2) is 0 Å². The third-order valence-electron chi connectivity index (χ3n) is 2.34. The lowest BCUT2D eigenvalue weighted by molar-refractivity contribution is 1.19. The summed E-state index contributed by atoms with van der Waals surface area (Å²) in [5.74, 6) is 5.92. The number of rotatable bonds is 2. The zero-order valence-corrected chi connectivity index (χ0v) is 10.3. The normalized spacial score (nSPS) is 9.62. The van der Waals surface area contributed by atoms with Crippen molar-refractivity contribution in [2.45, 2.75) is 20.3 Å². The second-order valence-corrected chi connectivity index (χ2v) is 4.49. The summed E-state index contributed by atoms with van der Waals surface area (Å²) < 4.78 is 0. The molecule has 0 amide bonds.